The molecule has 0 amide bonds. The molecule has 0 N–H and O–H groups in total. The molecule has 0 bridgehead atoms. The van der Waals surface area contributed by atoms with Crippen molar-refractivity contribution in [2.75, 3.05) is 6.61 Å². The topological polar surface area (TPSA) is 9.23 Å². The minimum absolute atomic E-state index is 0.0179. The molecule has 90 valence electrons. The van der Waals surface area contributed by atoms with Crippen molar-refractivity contribution in [3.63, 3.8) is 0 Å². The number of hydrogen-bond acceptors (Lipinski definition) is 1. The predicted octanol–water partition coefficient (Wildman–Crippen LogP) is 4.39. The van der Waals surface area contributed by atoms with Crippen LogP contribution in [-0.4, -0.2) is 12.2 Å². The summed E-state index contributed by atoms with van der Waals surface area (Å²) in [4.78, 5) is 0. The van der Waals surface area contributed by atoms with E-state index in [9.17, 15) is 0 Å². The van der Waals surface area contributed by atoms with Crippen LogP contribution in [0, 0.1) is 0 Å². The highest BCUT2D eigenvalue weighted by Gasteiger charge is 2.25. The maximum absolute atomic E-state index is 5.87. The monoisotopic (exact) mass is 220 g/mol. The van der Waals surface area contributed by atoms with Crippen molar-refractivity contribution in [1.82, 2.24) is 0 Å². The zero-order chi connectivity index (χ0) is 12.0. The molecule has 0 fully saturated rings. The van der Waals surface area contributed by atoms with Crippen molar-refractivity contribution < 1.29 is 4.74 Å². The maximum Gasteiger partial charge on any atom is 0.0657 e. The molecule has 2 atom stereocenters. The Morgan fingerprint density at radius 1 is 1.19 bits per heavy atom. The Bertz CT molecular complexity index is 294. The normalized spacial score (nSPS) is 16.8. The van der Waals surface area contributed by atoms with Crippen LogP contribution >= 0.6 is 0 Å². The summed E-state index contributed by atoms with van der Waals surface area (Å²) in [5, 5.41) is 0. The lowest BCUT2D eigenvalue weighted by molar-refractivity contribution is -0.0374. The van der Waals surface area contributed by atoms with Crippen LogP contribution in [0.15, 0.2) is 30.3 Å². The molecule has 0 aliphatic heterocycles. The molecule has 1 aromatic rings. The van der Waals surface area contributed by atoms with Gasteiger partial charge in [0.1, 0.15) is 0 Å². The minimum atomic E-state index is 0.0179. The van der Waals surface area contributed by atoms with E-state index in [1.54, 1.807) is 0 Å². The van der Waals surface area contributed by atoms with Gasteiger partial charge in [0.05, 0.1) is 5.60 Å². The molecule has 1 rings (SSSR count). The van der Waals surface area contributed by atoms with E-state index in [0.29, 0.717) is 5.92 Å². The second kappa shape index (κ2) is 6.05. The molecule has 1 nitrogen and oxygen atoms in total. The van der Waals surface area contributed by atoms with E-state index in [-0.39, 0.29) is 5.60 Å². The van der Waals surface area contributed by atoms with Gasteiger partial charge in [-0.2, -0.15) is 0 Å². The van der Waals surface area contributed by atoms with Gasteiger partial charge in [-0.15, -0.1) is 0 Å². The summed E-state index contributed by atoms with van der Waals surface area (Å²) in [6.07, 6.45) is 2.15. The summed E-state index contributed by atoms with van der Waals surface area (Å²) in [5.41, 5.74) is 1.42. The van der Waals surface area contributed by atoms with Gasteiger partial charge >= 0.3 is 0 Å². The van der Waals surface area contributed by atoms with Crippen LogP contribution in [-0.2, 0) is 4.74 Å². The average Bonchev–Trinajstić information content (AvgIpc) is 2.30. The molecule has 1 heteroatoms. The maximum atomic E-state index is 5.87. The molecule has 0 saturated heterocycles. The lowest BCUT2D eigenvalue weighted by Gasteiger charge is -2.31. The summed E-state index contributed by atoms with van der Waals surface area (Å²) in [7, 11) is 0. The van der Waals surface area contributed by atoms with Gasteiger partial charge in [-0.3, -0.25) is 0 Å². The number of ether oxygens (including phenoxy) is 1. The zero-order valence-electron chi connectivity index (χ0n) is 11.0. The van der Waals surface area contributed by atoms with Crippen LogP contribution in [0.25, 0.3) is 0 Å². The molecule has 0 aliphatic carbocycles. The average molecular weight is 220 g/mol. The van der Waals surface area contributed by atoms with Gasteiger partial charge in [0.2, 0.25) is 0 Å². The molecule has 0 spiro atoms. The van der Waals surface area contributed by atoms with Crippen LogP contribution in [0.5, 0.6) is 0 Å². The van der Waals surface area contributed by atoms with Gasteiger partial charge in [0.25, 0.3) is 0 Å². The molecular weight excluding hydrogens is 196 g/mol. The molecule has 2 unspecified atom stereocenters. The summed E-state index contributed by atoms with van der Waals surface area (Å²) in [5.74, 6) is 0.553. The van der Waals surface area contributed by atoms with E-state index < -0.39 is 0 Å². The Labute approximate surface area is 99.8 Å². The quantitative estimate of drug-likeness (QED) is 0.691. The fourth-order valence-electron chi connectivity index (χ4n) is 2.20. The lowest BCUT2D eigenvalue weighted by atomic mass is 9.86. The summed E-state index contributed by atoms with van der Waals surface area (Å²) < 4.78 is 5.87. The fraction of sp³-hybridized carbons (Fsp3) is 0.600. The third kappa shape index (κ3) is 3.64. The van der Waals surface area contributed by atoms with E-state index in [1.807, 2.05) is 0 Å². The fourth-order valence-corrected chi connectivity index (χ4v) is 2.20. The molecule has 0 heterocycles. The van der Waals surface area contributed by atoms with E-state index in [1.165, 1.54) is 5.56 Å². The largest absolute Gasteiger partial charge is 0.376 e. The van der Waals surface area contributed by atoms with E-state index in [4.69, 9.17) is 4.74 Å². The van der Waals surface area contributed by atoms with Crippen molar-refractivity contribution in [3.8, 4) is 0 Å². The van der Waals surface area contributed by atoms with Crippen molar-refractivity contribution in [2.45, 2.75) is 52.1 Å². The standard InChI is InChI=1S/C15H24O/c1-5-15(4,16-6-2)12-13(3)14-10-8-7-9-11-14/h7-11,13H,5-6,12H2,1-4H3. The number of benzene rings is 1. The Morgan fingerprint density at radius 2 is 1.81 bits per heavy atom. The van der Waals surface area contributed by atoms with Crippen molar-refractivity contribution in [2.24, 2.45) is 0 Å². The summed E-state index contributed by atoms with van der Waals surface area (Å²) in [6.45, 7) is 9.57. The van der Waals surface area contributed by atoms with E-state index in [2.05, 4.69) is 58.0 Å². The van der Waals surface area contributed by atoms with Crippen LogP contribution < -0.4 is 0 Å². The first kappa shape index (κ1) is 13.2. The number of hydrogen-bond donors (Lipinski definition) is 0. The Balaban J connectivity index is 2.65. The third-order valence-electron chi connectivity index (χ3n) is 3.35. The molecule has 1 aromatic carbocycles. The Hall–Kier alpha value is -0.820. The second-order valence-electron chi connectivity index (χ2n) is 4.75. The van der Waals surface area contributed by atoms with Crippen LogP contribution in [0.1, 0.15) is 52.0 Å². The first-order valence-electron chi connectivity index (χ1n) is 6.30. The van der Waals surface area contributed by atoms with E-state index >= 15 is 0 Å². The summed E-state index contributed by atoms with van der Waals surface area (Å²) >= 11 is 0. The summed E-state index contributed by atoms with van der Waals surface area (Å²) in [6, 6.07) is 10.7. The number of rotatable bonds is 6. The van der Waals surface area contributed by atoms with Gasteiger partial charge in [-0.25, -0.2) is 0 Å². The van der Waals surface area contributed by atoms with Crippen molar-refractivity contribution in [1.29, 1.82) is 0 Å². The van der Waals surface area contributed by atoms with Crippen LogP contribution in [0.4, 0.5) is 0 Å². The molecule has 0 radical (unpaired) electrons. The van der Waals surface area contributed by atoms with Gasteiger partial charge in [-0.05, 0) is 38.2 Å². The van der Waals surface area contributed by atoms with Gasteiger partial charge in [-0.1, -0.05) is 44.2 Å². The molecule has 16 heavy (non-hydrogen) atoms. The van der Waals surface area contributed by atoms with Crippen LogP contribution in [0.2, 0.25) is 0 Å². The second-order valence-corrected chi connectivity index (χ2v) is 4.75. The highest BCUT2D eigenvalue weighted by atomic mass is 16.5. The van der Waals surface area contributed by atoms with Crippen molar-refractivity contribution in [3.05, 3.63) is 35.9 Å². The highest BCUT2D eigenvalue weighted by molar-refractivity contribution is 5.19. The molecule has 0 aliphatic rings. The molecule has 0 saturated carbocycles. The van der Waals surface area contributed by atoms with Crippen LogP contribution in [0.3, 0.4) is 0 Å². The lowest BCUT2D eigenvalue weighted by Crippen LogP contribution is -2.29. The van der Waals surface area contributed by atoms with Gasteiger partial charge < -0.3 is 4.74 Å². The molecular formula is C15H24O. The Kier molecular flexibility index (Phi) is 5.01. The zero-order valence-corrected chi connectivity index (χ0v) is 11.0. The van der Waals surface area contributed by atoms with Crippen molar-refractivity contribution >= 4 is 0 Å². The smallest absolute Gasteiger partial charge is 0.0657 e. The molecule has 0 aromatic heterocycles. The highest BCUT2D eigenvalue weighted by Crippen LogP contribution is 2.30. The van der Waals surface area contributed by atoms with Gasteiger partial charge in [0, 0.05) is 6.61 Å². The Morgan fingerprint density at radius 3 is 2.31 bits per heavy atom. The first-order chi connectivity index (χ1) is 7.61. The van der Waals surface area contributed by atoms with Gasteiger partial charge in [0.15, 0.2) is 0 Å². The first-order valence-corrected chi connectivity index (χ1v) is 6.30. The SMILES string of the molecule is CCOC(C)(CC)CC(C)c1ccccc1. The predicted molar refractivity (Wildman–Crippen MR) is 69.8 cm³/mol. The van der Waals surface area contributed by atoms with E-state index in [0.717, 1.165) is 19.4 Å². The third-order valence-corrected chi connectivity index (χ3v) is 3.35. The minimum Gasteiger partial charge on any atom is -0.376 e.